The topological polar surface area (TPSA) is 121 Å². The number of hydrogen-bond acceptors (Lipinski definition) is 5. The van der Waals surface area contributed by atoms with E-state index in [9.17, 15) is 21.6 Å². The summed E-state index contributed by atoms with van der Waals surface area (Å²) in [5.41, 5.74) is -0.212. The number of rotatable bonds is 6. The van der Waals surface area contributed by atoms with Crippen LogP contribution in [0.25, 0.3) is 0 Å². The molecule has 1 saturated heterocycles. The molecule has 0 atom stereocenters. The zero-order valence-electron chi connectivity index (χ0n) is 15.2. The van der Waals surface area contributed by atoms with Gasteiger partial charge in [-0.1, -0.05) is 24.1 Å². The molecule has 0 radical (unpaired) electrons. The van der Waals surface area contributed by atoms with E-state index >= 15 is 0 Å². The van der Waals surface area contributed by atoms with Crippen molar-refractivity contribution < 1.29 is 26.7 Å². The zero-order chi connectivity index (χ0) is 21.2. The van der Waals surface area contributed by atoms with Crippen molar-refractivity contribution in [2.24, 2.45) is 0 Å². The summed E-state index contributed by atoms with van der Waals surface area (Å²) >= 11 is 5.94. The minimum absolute atomic E-state index is 0.0232. The average Bonchev–Trinajstić information content (AvgIpc) is 2.68. The molecular weight excluding hydrogens is 440 g/mol. The van der Waals surface area contributed by atoms with Gasteiger partial charge in [-0.25, -0.2) is 21.6 Å². The third-order valence-electron chi connectivity index (χ3n) is 4.51. The number of hydrogen-bond donors (Lipinski definition) is 2. The molecule has 29 heavy (non-hydrogen) atoms. The highest BCUT2D eigenvalue weighted by Gasteiger charge is 2.27. The van der Waals surface area contributed by atoms with Gasteiger partial charge in [-0.15, -0.1) is 0 Å². The van der Waals surface area contributed by atoms with E-state index in [1.807, 2.05) is 0 Å². The van der Waals surface area contributed by atoms with Crippen LogP contribution in [0.1, 0.15) is 29.6 Å². The fourth-order valence-electron chi connectivity index (χ4n) is 3.03. The highest BCUT2D eigenvalue weighted by atomic mass is 35.5. The van der Waals surface area contributed by atoms with Crippen molar-refractivity contribution in [1.29, 1.82) is 0 Å². The molecule has 1 heterocycles. The molecule has 0 bridgehead atoms. The first-order valence-electron chi connectivity index (χ1n) is 8.77. The van der Waals surface area contributed by atoms with Crippen molar-refractivity contribution in [2.45, 2.75) is 29.1 Å². The molecule has 11 heteroatoms. The Morgan fingerprint density at radius 3 is 2.34 bits per heavy atom. The molecule has 0 unspecified atom stereocenters. The molecule has 0 aromatic heterocycles. The Bertz CT molecular complexity index is 1140. The Morgan fingerprint density at radius 1 is 1.00 bits per heavy atom. The molecule has 1 aliphatic rings. The van der Waals surface area contributed by atoms with E-state index in [1.54, 1.807) is 0 Å². The largest absolute Gasteiger partial charge is 0.478 e. The number of nitrogens with one attached hydrogen (secondary N) is 1. The molecule has 0 aliphatic carbocycles. The van der Waals surface area contributed by atoms with Crippen LogP contribution in [0.5, 0.6) is 0 Å². The van der Waals surface area contributed by atoms with Gasteiger partial charge in [0.25, 0.3) is 10.0 Å². The molecule has 0 amide bonds. The van der Waals surface area contributed by atoms with E-state index < -0.39 is 30.9 Å². The molecule has 1 aliphatic heterocycles. The van der Waals surface area contributed by atoms with Crippen LogP contribution in [0.2, 0.25) is 5.02 Å². The van der Waals surface area contributed by atoms with Crippen LogP contribution in [-0.2, 0) is 20.0 Å². The summed E-state index contributed by atoms with van der Waals surface area (Å²) < 4.78 is 54.7. The molecule has 2 aromatic rings. The number of halogens is 1. The van der Waals surface area contributed by atoms with E-state index in [0.717, 1.165) is 25.3 Å². The first-order chi connectivity index (χ1) is 13.6. The third kappa shape index (κ3) is 4.72. The SMILES string of the molecule is O=C(O)c1ccc(Cl)c(S(=O)(=O)Nc2cccc(S(=O)(=O)N3CCCCC3)c2)c1. The first kappa shape index (κ1) is 21.6. The summed E-state index contributed by atoms with van der Waals surface area (Å²) in [6.07, 6.45) is 2.54. The molecule has 2 N–H and O–H groups in total. The van der Waals surface area contributed by atoms with Gasteiger partial charge < -0.3 is 5.11 Å². The molecule has 3 rings (SSSR count). The molecule has 1 fully saturated rings. The molecule has 156 valence electrons. The number of carboxylic acid groups (broad SMARTS) is 1. The predicted molar refractivity (Wildman–Crippen MR) is 108 cm³/mol. The lowest BCUT2D eigenvalue weighted by atomic mass is 10.2. The van der Waals surface area contributed by atoms with Gasteiger partial charge in [0.05, 0.1) is 21.2 Å². The van der Waals surface area contributed by atoms with Crippen LogP contribution in [-0.4, -0.2) is 45.3 Å². The number of benzene rings is 2. The number of aromatic carboxylic acids is 1. The molecule has 0 saturated carbocycles. The number of anilines is 1. The minimum atomic E-state index is -4.24. The lowest BCUT2D eigenvalue weighted by Crippen LogP contribution is -2.35. The smallest absolute Gasteiger partial charge is 0.335 e. The van der Waals surface area contributed by atoms with Crippen molar-refractivity contribution >= 4 is 43.3 Å². The number of piperidine rings is 1. The molecule has 0 spiro atoms. The lowest BCUT2D eigenvalue weighted by molar-refractivity contribution is 0.0696. The lowest BCUT2D eigenvalue weighted by Gasteiger charge is -2.26. The number of carboxylic acids is 1. The fourth-order valence-corrected chi connectivity index (χ4v) is 6.17. The first-order valence-corrected chi connectivity index (χ1v) is 12.1. The standard InChI is InChI=1S/C18H19ClN2O6S2/c19-16-8-7-13(18(22)23)11-17(16)28(24,25)20-14-5-4-6-15(12-14)29(26,27)21-9-2-1-3-10-21/h4-8,11-12,20H,1-3,9-10H2,(H,22,23). The molecule has 2 aromatic carbocycles. The van der Waals surface area contributed by atoms with Crippen molar-refractivity contribution in [3.63, 3.8) is 0 Å². The van der Waals surface area contributed by atoms with E-state index in [1.165, 1.54) is 40.7 Å². The summed E-state index contributed by atoms with van der Waals surface area (Å²) in [5.74, 6) is -1.30. The highest BCUT2D eigenvalue weighted by Crippen LogP contribution is 2.27. The molecule has 8 nitrogen and oxygen atoms in total. The number of nitrogens with zero attached hydrogens (tertiary/aromatic N) is 1. The summed E-state index contributed by atoms with van der Waals surface area (Å²) in [6.45, 7) is 0.853. The Balaban J connectivity index is 1.92. The van der Waals surface area contributed by atoms with E-state index in [4.69, 9.17) is 16.7 Å². The summed E-state index contributed by atoms with van der Waals surface area (Å²) in [6, 6.07) is 8.79. The maximum absolute atomic E-state index is 12.8. The Hall–Kier alpha value is -2.14. The average molecular weight is 459 g/mol. The van der Waals surface area contributed by atoms with E-state index in [2.05, 4.69) is 4.72 Å². The van der Waals surface area contributed by atoms with Gasteiger partial charge in [0.1, 0.15) is 4.90 Å². The second-order valence-electron chi connectivity index (χ2n) is 6.55. The summed E-state index contributed by atoms with van der Waals surface area (Å²) in [5, 5.41) is 8.92. The Labute approximate surface area is 174 Å². The second kappa shape index (κ2) is 8.31. The van der Waals surface area contributed by atoms with Crippen LogP contribution >= 0.6 is 11.6 Å². The number of sulfonamides is 2. The Morgan fingerprint density at radius 2 is 1.69 bits per heavy atom. The quantitative estimate of drug-likeness (QED) is 0.686. The van der Waals surface area contributed by atoms with E-state index in [0.29, 0.717) is 13.1 Å². The summed E-state index contributed by atoms with van der Waals surface area (Å²) in [7, 11) is -7.98. The number of carbonyl (C=O) groups is 1. The van der Waals surface area contributed by atoms with Gasteiger partial charge in [-0.3, -0.25) is 4.72 Å². The fraction of sp³-hybridized carbons (Fsp3) is 0.278. The van der Waals surface area contributed by atoms with Crippen LogP contribution < -0.4 is 4.72 Å². The normalized spacial score (nSPS) is 15.8. The van der Waals surface area contributed by atoms with Crippen LogP contribution in [0, 0.1) is 0 Å². The van der Waals surface area contributed by atoms with E-state index in [-0.39, 0.29) is 21.2 Å². The second-order valence-corrected chi connectivity index (χ2v) is 10.5. The monoisotopic (exact) mass is 458 g/mol. The van der Waals surface area contributed by atoms with Crippen molar-refractivity contribution in [2.75, 3.05) is 17.8 Å². The molecular formula is C18H19ClN2O6S2. The Kier molecular flexibility index (Phi) is 6.18. The van der Waals surface area contributed by atoms with Gasteiger partial charge >= 0.3 is 5.97 Å². The van der Waals surface area contributed by atoms with Gasteiger partial charge in [-0.2, -0.15) is 4.31 Å². The van der Waals surface area contributed by atoms with Crippen molar-refractivity contribution in [3.8, 4) is 0 Å². The van der Waals surface area contributed by atoms with Gasteiger partial charge in [0, 0.05) is 13.1 Å². The van der Waals surface area contributed by atoms with Crippen LogP contribution in [0.3, 0.4) is 0 Å². The van der Waals surface area contributed by atoms with Crippen molar-refractivity contribution in [1.82, 2.24) is 4.31 Å². The van der Waals surface area contributed by atoms with Crippen LogP contribution in [0.15, 0.2) is 52.3 Å². The highest BCUT2D eigenvalue weighted by molar-refractivity contribution is 7.93. The van der Waals surface area contributed by atoms with Gasteiger partial charge in [0.15, 0.2) is 0 Å². The maximum atomic E-state index is 12.8. The minimum Gasteiger partial charge on any atom is -0.478 e. The third-order valence-corrected chi connectivity index (χ3v) is 8.26. The zero-order valence-corrected chi connectivity index (χ0v) is 17.6. The maximum Gasteiger partial charge on any atom is 0.335 e. The van der Waals surface area contributed by atoms with Crippen LogP contribution in [0.4, 0.5) is 5.69 Å². The van der Waals surface area contributed by atoms with Gasteiger partial charge in [0.2, 0.25) is 10.0 Å². The van der Waals surface area contributed by atoms with Crippen molar-refractivity contribution in [3.05, 3.63) is 53.1 Å². The summed E-state index contributed by atoms with van der Waals surface area (Å²) in [4.78, 5) is 10.7. The predicted octanol–water partition coefficient (Wildman–Crippen LogP) is 3.01. The van der Waals surface area contributed by atoms with Gasteiger partial charge in [-0.05, 0) is 49.2 Å².